The minimum Gasteiger partial charge on any atom is -0.307 e. The Morgan fingerprint density at radius 2 is 1.10 bits per heavy atom. The molecule has 4 aromatic rings. The molecular weight excluding hydrogens is 543 g/mol. The van der Waals surface area contributed by atoms with Crippen LogP contribution in [0.2, 0.25) is 0 Å². The summed E-state index contributed by atoms with van der Waals surface area (Å²) in [5.41, 5.74) is 6.62. The average molecular weight is 576 g/mol. The van der Waals surface area contributed by atoms with Crippen LogP contribution in [-0.2, 0) is 16.2 Å². The number of aromatic nitrogens is 1. The summed E-state index contributed by atoms with van der Waals surface area (Å²) in [4.78, 5) is 8.41. The fourth-order valence-corrected chi connectivity index (χ4v) is 7.18. The van der Waals surface area contributed by atoms with Crippen LogP contribution in [0.3, 0.4) is 0 Å². The largest absolute Gasteiger partial charge is 0.307 e. The molecule has 5 nitrogen and oxygen atoms in total. The molecule has 4 rings (SSSR count). The molecule has 41 heavy (non-hydrogen) atoms. The average Bonchev–Trinajstić information content (AvgIpc) is 3.53. The molecule has 206 valence electrons. The predicted octanol–water partition coefficient (Wildman–Crippen LogP) is 10.4. The molecule has 0 aliphatic heterocycles. The molecule has 0 amide bonds. The predicted molar refractivity (Wildman–Crippen MR) is 173 cm³/mol. The van der Waals surface area contributed by atoms with Gasteiger partial charge in [-0.1, -0.05) is 74.4 Å². The lowest BCUT2D eigenvalue weighted by Crippen LogP contribution is -2.24. The van der Waals surface area contributed by atoms with Crippen LogP contribution >= 0.6 is 22.7 Å². The van der Waals surface area contributed by atoms with E-state index in [1.807, 2.05) is 12.1 Å². The third-order valence-corrected chi connectivity index (χ3v) is 9.30. The molecule has 0 radical (unpaired) electrons. The van der Waals surface area contributed by atoms with E-state index in [2.05, 4.69) is 101 Å². The number of nitrogens with zero attached hydrogens (tertiary/aromatic N) is 5. The number of fused-ring (bicyclic) bond motifs is 3. The molecule has 7 heteroatoms. The number of allylic oxidation sites excluding steroid dienone is 2. The highest BCUT2D eigenvalue weighted by molar-refractivity contribution is 7.28. The van der Waals surface area contributed by atoms with E-state index in [1.165, 1.54) is 16.7 Å². The van der Waals surface area contributed by atoms with Crippen molar-refractivity contribution in [1.82, 2.24) is 4.57 Å². The zero-order valence-corrected chi connectivity index (χ0v) is 26.6. The standard InChI is InChI=1S/C34H33N5S2/c1-32(2,3)20-12-25(33(4,5)6)29(26(13-20)34(7,8)9)39-27-16-23(14-21(18-35)37-10)40-30(27)31-28(39)17-24(41-31)15-22(19-36)38-11/h12-17H,1-9H3/b21-14-,22-15+. The topological polar surface area (TPSA) is 61.2 Å². The van der Waals surface area contributed by atoms with Gasteiger partial charge in [0.15, 0.2) is 0 Å². The monoisotopic (exact) mass is 575 g/mol. The Balaban J connectivity index is 2.26. The van der Waals surface area contributed by atoms with Gasteiger partial charge in [0.1, 0.15) is 0 Å². The van der Waals surface area contributed by atoms with E-state index < -0.39 is 0 Å². The van der Waals surface area contributed by atoms with E-state index >= 15 is 0 Å². The van der Waals surface area contributed by atoms with Gasteiger partial charge < -0.3 is 4.57 Å². The maximum absolute atomic E-state index is 9.41. The number of hydrogen-bond donors (Lipinski definition) is 0. The molecule has 3 aromatic heterocycles. The minimum absolute atomic E-state index is 0.0402. The second-order valence-electron chi connectivity index (χ2n) is 13.2. The van der Waals surface area contributed by atoms with Crippen LogP contribution in [0, 0.1) is 35.8 Å². The normalized spacial score (nSPS) is 13.2. The van der Waals surface area contributed by atoms with Gasteiger partial charge >= 0.3 is 0 Å². The van der Waals surface area contributed by atoms with Crippen molar-refractivity contribution in [3.63, 3.8) is 0 Å². The summed E-state index contributed by atoms with van der Waals surface area (Å²) in [5.74, 6) is 0. The Labute approximate surface area is 250 Å². The van der Waals surface area contributed by atoms with Gasteiger partial charge in [0.25, 0.3) is 11.4 Å². The first-order valence-corrected chi connectivity index (χ1v) is 14.9. The third-order valence-electron chi connectivity index (χ3n) is 6.99. The molecule has 0 bridgehead atoms. The Morgan fingerprint density at radius 1 is 0.707 bits per heavy atom. The summed E-state index contributed by atoms with van der Waals surface area (Å²) in [6.45, 7) is 34.9. The van der Waals surface area contributed by atoms with Crippen molar-refractivity contribution in [1.29, 1.82) is 10.5 Å². The zero-order valence-electron chi connectivity index (χ0n) is 25.0. The molecule has 0 aliphatic rings. The van der Waals surface area contributed by atoms with E-state index in [1.54, 1.807) is 34.8 Å². The van der Waals surface area contributed by atoms with Gasteiger partial charge in [0.2, 0.25) is 0 Å². The number of hydrogen-bond acceptors (Lipinski definition) is 4. The number of thiophene rings is 2. The molecular formula is C34H33N5S2. The summed E-state index contributed by atoms with van der Waals surface area (Å²) in [6.07, 6.45) is 3.29. The van der Waals surface area contributed by atoms with Crippen molar-refractivity contribution in [3.8, 4) is 17.8 Å². The molecule has 0 atom stereocenters. The van der Waals surface area contributed by atoms with E-state index in [0.29, 0.717) is 0 Å². The highest BCUT2D eigenvalue weighted by atomic mass is 32.1. The minimum atomic E-state index is -0.173. The highest BCUT2D eigenvalue weighted by Gasteiger charge is 2.32. The van der Waals surface area contributed by atoms with Crippen LogP contribution in [0.15, 0.2) is 35.7 Å². The van der Waals surface area contributed by atoms with Crippen LogP contribution in [-0.4, -0.2) is 4.57 Å². The Morgan fingerprint density at radius 3 is 1.39 bits per heavy atom. The number of rotatable bonds is 3. The zero-order chi connectivity index (χ0) is 30.5. The highest BCUT2D eigenvalue weighted by Crippen LogP contribution is 2.47. The first kappa shape index (κ1) is 29.8. The van der Waals surface area contributed by atoms with Crippen molar-refractivity contribution >= 4 is 55.3 Å². The fourth-order valence-electron chi connectivity index (χ4n) is 4.87. The Hall–Kier alpha value is -4.14. The van der Waals surface area contributed by atoms with Crippen LogP contribution in [0.1, 0.15) is 88.8 Å². The smallest absolute Gasteiger partial charge is 0.263 e. The second kappa shape index (κ2) is 10.4. The van der Waals surface area contributed by atoms with Crippen LogP contribution in [0.4, 0.5) is 0 Å². The quantitative estimate of drug-likeness (QED) is 0.180. The lowest BCUT2D eigenvalue weighted by molar-refractivity contribution is 0.545. The van der Waals surface area contributed by atoms with Gasteiger partial charge in [0, 0.05) is 9.75 Å². The van der Waals surface area contributed by atoms with Crippen LogP contribution in [0.5, 0.6) is 0 Å². The van der Waals surface area contributed by atoms with Gasteiger partial charge in [-0.2, -0.15) is 0 Å². The lowest BCUT2D eigenvalue weighted by atomic mass is 9.74. The molecule has 0 saturated carbocycles. The van der Waals surface area contributed by atoms with E-state index in [4.69, 9.17) is 13.1 Å². The van der Waals surface area contributed by atoms with Gasteiger partial charge in [-0.05, 0) is 57.2 Å². The third kappa shape index (κ3) is 5.58. The molecule has 0 fully saturated rings. The van der Waals surface area contributed by atoms with Crippen LogP contribution in [0.25, 0.3) is 48.0 Å². The summed E-state index contributed by atoms with van der Waals surface area (Å²) in [5, 5.41) is 18.8. The summed E-state index contributed by atoms with van der Waals surface area (Å²) >= 11 is 3.10. The first-order chi connectivity index (χ1) is 19.0. The SMILES string of the molecule is [C-]#[N+]/C(C#N)=C\c1cc2c(s1)c1sc(/C=C(\C#N)[N+]#[C-])cc1n2-c1c(C(C)(C)C)cc(C(C)(C)C)cc1C(C)(C)C. The summed E-state index contributed by atoms with van der Waals surface area (Å²) in [6, 6.07) is 12.8. The molecule has 0 saturated heterocycles. The van der Waals surface area contributed by atoms with Gasteiger partial charge in [-0.15, -0.1) is 22.7 Å². The second-order valence-corrected chi connectivity index (χ2v) is 15.4. The van der Waals surface area contributed by atoms with Crippen molar-refractivity contribution < 1.29 is 0 Å². The molecule has 0 unspecified atom stereocenters. The lowest BCUT2D eigenvalue weighted by Gasteiger charge is -2.34. The maximum Gasteiger partial charge on any atom is 0.263 e. The van der Waals surface area contributed by atoms with Crippen molar-refractivity contribution in [2.24, 2.45) is 0 Å². The van der Waals surface area contributed by atoms with E-state index in [9.17, 15) is 10.5 Å². The summed E-state index contributed by atoms with van der Waals surface area (Å²) in [7, 11) is 0. The van der Waals surface area contributed by atoms with Gasteiger partial charge in [0.05, 0.1) is 51.4 Å². The van der Waals surface area contributed by atoms with Crippen molar-refractivity contribution in [2.75, 3.05) is 0 Å². The first-order valence-electron chi connectivity index (χ1n) is 13.3. The maximum atomic E-state index is 9.41. The summed E-state index contributed by atoms with van der Waals surface area (Å²) < 4.78 is 4.44. The molecule has 1 aromatic carbocycles. The Bertz CT molecular complexity index is 1760. The number of benzene rings is 1. The van der Waals surface area contributed by atoms with Crippen molar-refractivity contribution in [3.05, 3.63) is 84.9 Å². The van der Waals surface area contributed by atoms with E-state index in [0.717, 1.165) is 35.9 Å². The number of nitriles is 2. The van der Waals surface area contributed by atoms with Crippen LogP contribution < -0.4 is 0 Å². The van der Waals surface area contributed by atoms with Gasteiger partial charge in [-0.25, -0.2) is 20.2 Å². The Kier molecular flexibility index (Phi) is 7.54. The molecule has 0 aliphatic carbocycles. The fraction of sp³-hybridized carbons (Fsp3) is 0.353. The molecule has 3 heterocycles. The molecule has 0 N–H and O–H groups in total. The van der Waals surface area contributed by atoms with E-state index in [-0.39, 0.29) is 27.6 Å². The van der Waals surface area contributed by atoms with Crippen molar-refractivity contribution in [2.45, 2.75) is 78.6 Å². The van der Waals surface area contributed by atoms with Gasteiger partial charge in [-0.3, -0.25) is 0 Å². The molecule has 0 spiro atoms.